The SMILES string of the molecule is COC(=O)C1CN(S(=O)(=O)C=Cc2ccc(Cl)s2)CC(=O)N1C(c1ccc(=O)n(C)n1)C1CCNCC1. The number of amides is 1. The number of carbonyl (C=O) groups excluding carboxylic acids is 2. The Morgan fingerprint density at radius 3 is 2.59 bits per heavy atom. The first kappa shape index (κ1) is 27.5. The molecule has 2 atom stereocenters. The zero-order valence-electron chi connectivity index (χ0n) is 20.4. The number of nitrogens with one attached hydrogen (secondary N) is 1. The number of aryl methyl sites for hydroxylation is 1. The number of thiophene rings is 1. The number of aromatic nitrogens is 2. The summed E-state index contributed by atoms with van der Waals surface area (Å²) in [5.41, 5.74) is 0.153. The third kappa shape index (κ3) is 6.12. The largest absolute Gasteiger partial charge is 0.467 e. The number of carbonyl (C=O) groups is 2. The molecular weight excluding hydrogens is 542 g/mol. The van der Waals surface area contributed by atoms with Gasteiger partial charge in [0.15, 0.2) is 0 Å². The molecule has 14 heteroatoms. The lowest BCUT2D eigenvalue weighted by molar-refractivity contribution is -0.160. The van der Waals surface area contributed by atoms with Crippen LogP contribution in [-0.4, -0.2) is 78.6 Å². The van der Waals surface area contributed by atoms with Crippen LogP contribution in [0.3, 0.4) is 0 Å². The Morgan fingerprint density at radius 1 is 1.24 bits per heavy atom. The van der Waals surface area contributed by atoms with Crippen LogP contribution < -0.4 is 10.9 Å². The molecule has 11 nitrogen and oxygen atoms in total. The molecule has 37 heavy (non-hydrogen) atoms. The molecule has 0 saturated carbocycles. The van der Waals surface area contributed by atoms with Crippen molar-refractivity contribution < 1.29 is 22.7 Å². The molecule has 2 fully saturated rings. The Kier molecular flexibility index (Phi) is 8.49. The van der Waals surface area contributed by atoms with Gasteiger partial charge in [-0.1, -0.05) is 11.6 Å². The van der Waals surface area contributed by atoms with E-state index in [0.29, 0.717) is 27.7 Å². The second-order valence-corrected chi connectivity index (χ2v) is 12.4. The van der Waals surface area contributed by atoms with Crippen LogP contribution in [0, 0.1) is 5.92 Å². The molecule has 2 unspecified atom stereocenters. The Bertz CT molecular complexity index is 1350. The molecule has 200 valence electrons. The van der Waals surface area contributed by atoms with Crippen molar-refractivity contribution in [1.29, 1.82) is 0 Å². The summed E-state index contributed by atoms with van der Waals surface area (Å²) in [6.07, 6.45) is 2.82. The van der Waals surface area contributed by atoms with Crippen molar-refractivity contribution >= 4 is 50.9 Å². The number of ether oxygens (including phenoxy) is 1. The molecule has 4 rings (SSSR count). The third-order valence-electron chi connectivity index (χ3n) is 6.56. The van der Waals surface area contributed by atoms with Gasteiger partial charge in [0.05, 0.1) is 29.7 Å². The van der Waals surface area contributed by atoms with Crippen LogP contribution in [0.2, 0.25) is 4.34 Å². The normalized spacial score (nSPS) is 20.9. The van der Waals surface area contributed by atoms with Crippen molar-refractivity contribution in [3.8, 4) is 0 Å². The van der Waals surface area contributed by atoms with Crippen LogP contribution in [0.15, 0.2) is 34.5 Å². The molecule has 0 aromatic carbocycles. The van der Waals surface area contributed by atoms with E-state index >= 15 is 0 Å². The van der Waals surface area contributed by atoms with Gasteiger partial charge in [-0.25, -0.2) is 17.9 Å². The van der Waals surface area contributed by atoms with E-state index in [9.17, 15) is 22.8 Å². The molecule has 2 aliphatic rings. The van der Waals surface area contributed by atoms with Gasteiger partial charge >= 0.3 is 5.97 Å². The number of piperazine rings is 1. The van der Waals surface area contributed by atoms with Crippen molar-refractivity contribution in [3.63, 3.8) is 0 Å². The second-order valence-electron chi connectivity index (χ2n) is 8.87. The minimum Gasteiger partial charge on any atom is -0.467 e. The molecule has 2 saturated heterocycles. The molecule has 0 radical (unpaired) electrons. The molecule has 4 heterocycles. The molecular formula is C23H28ClN5O6S2. The Morgan fingerprint density at radius 2 is 1.97 bits per heavy atom. The number of esters is 1. The van der Waals surface area contributed by atoms with Gasteiger partial charge in [-0.05, 0) is 56.1 Å². The lowest BCUT2D eigenvalue weighted by Gasteiger charge is -2.45. The zero-order valence-corrected chi connectivity index (χ0v) is 22.8. The highest BCUT2D eigenvalue weighted by molar-refractivity contribution is 7.92. The second kappa shape index (κ2) is 11.4. The first-order valence-corrected chi connectivity index (χ1v) is 14.4. The highest BCUT2D eigenvalue weighted by Crippen LogP contribution is 2.37. The molecule has 2 aromatic rings. The van der Waals surface area contributed by atoms with Gasteiger partial charge in [-0.3, -0.25) is 9.59 Å². The van der Waals surface area contributed by atoms with Crippen LogP contribution in [0.1, 0.15) is 29.5 Å². The average molecular weight is 570 g/mol. The molecule has 2 aliphatic heterocycles. The van der Waals surface area contributed by atoms with Gasteiger partial charge < -0.3 is 15.0 Å². The highest BCUT2D eigenvalue weighted by atomic mass is 35.5. The first-order chi connectivity index (χ1) is 17.6. The van der Waals surface area contributed by atoms with Crippen molar-refractivity contribution in [2.24, 2.45) is 13.0 Å². The van der Waals surface area contributed by atoms with Crippen LogP contribution in [0.4, 0.5) is 0 Å². The molecule has 0 bridgehead atoms. The fourth-order valence-corrected chi connectivity index (χ4v) is 6.90. The van der Waals surface area contributed by atoms with E-state index in [2.05, 4.69) is 10.4 Å². The number of piperidine rings is 1. The lowest BCUT2D eigenvalue weighted by Crippen LogP contribution is -2.62. The smallest absolute Gasteiger partial charge is 0.329 e. The van der Waals surface area contributed by atoms with Crippen molar-refractivity contribution in [2.45, 2.75) is 24.9 Å². The van der Waals surface area contributed by atoms with Crippen LogP contribution in [0.25, 0.3) is 6.08 Å². The Hall–Kier alpha value is -2.58. The number of sulfonamides is 1. The summed E-state index contributed by atoms with van der Waals surface area (Å²) in [5, 5.41) is 8.68. The summed E-state index contributed by atoms with van der Waals surface area (Å²) in [6.45, 7) is 0.716. The fraction of sp³-hybridized carbons (Fsp3) is 0.478. The molecule has 0 spiro atoms. The van der Waals surface area contributed by atoms with Gasteiger partial charge in [0.1, 0.15) is 6.04 Å². The lowest BCUT2D eigenvalue weighted by atomic mass is 9.85. The molecule has 2 aromatic heterocycles. The molecule has 0 aliphatic carbocycles. The predicted octanol–water partition coefficient (Wildman–Crippen LogP) is 1.22. The van der Waals surface area contributed by atoms with Crippen molar-refractivity contribution in [1.82, 2.24) is 24.3 Å². The maximum Gasteiger partial charge on any atom is 0.329 e. The van der Waals surface area contributed by atoms with Gasteiger partial charge in [0.25, 0.3) is 5.56 Å². The highest BCUT2D eigenvalue weighted by Gasteiger charge is 2.47. The number of hydrogen-bond acceptors (Lipinski definition) is 9. The standard InChI is InChI=1S/C23H28ClN5O6S2/c1-27-20(30)6-4-17(26-27)22(15-7-10-25-11-8-15)29-18(23(32)35-2)13-28(14-21(29)31)37(33,34)12-9-16-3-5-19(24)36-16/h3-6,9,12,15,18,22,25H,7-8,10-11,13-14H2,1-2H3. The summed E-state index contributed by atoms with van der Waals surface area (Å²) in [4.78, 5) is 40.6. The van der Waals surface area contributed by atoms with E-state index < -0.39 is 40.5 Å². The average Bonchev–Trinajstić information content (AvgIpc) is 3.31. The van der Waals surface area contributed by atoms with Gasteiger partial charge in [0.2, 0.25) is 15.9 Å². The van der Waals surface area contributed by atoms with Gasteiger partial charge in [-0.15, -0.1) is 11.3 Å². The summed E-state index contributed by atoms with van der Waals surface area (Å²) in [5.74, 6) is -1.34. The summed E-state index contributed by atoms with van der Waals surface area (Å²) < 4.78 is 33.9. The minimum atomic E-state index is -4.04. The maximum absolute atomic E-state index is 13.6. The van der Waals surface area contributed by atoms with E-state index in [0.717, 1.165) is 22.8 Å². The Balaban J connectivity index is 1.70. The minimum absolute atomic E-state index is 0.0611. The van der Waals surface area contributed by atoms with E-state index in [1.54, 1.807) is 18.2 Å². The number of methoxy groups -OCH3 is 1. The number of hydrogen-bond donors (Lipinski definition) is 1. The van der Waals surface area contributed by atoms with Gasteiger partial charge in [0, 0.05) is 29.9 Å². The summed E-state index contributed by atoms with van der Waals surface area (Å²) in [7, 11) is -1.33. The van der Waals surface area contributed by atoms with Crippen molar-refractivity contribution in [3.05, 3.63) is 54.9 Å². The van der Waals surface area contributed by atoms with E-state index in [1.807, 2.05) is 0 Å². The predicted molar refractivity (Wildman–Crippen MR) is 139 cm³/mol. The van der Waals surface area contributed by atoms with E-state index in [1.165, 1.54) is 47.2 Å². The van der Waals surface area contributed by atoms with Crippen LogP contribution in [-0.2, 0) is 31.4 Å². The topological polar surface area (TPSA) is 131 Å². The summed E-state index contributed by atoms with van der Waals surface area (Å²) in [6, 6.07) is 4.44. The third-order valence-corrected chi connectivity index (χ3v) is 9.23. The van der Waals surface area contributed by atoms with Crippen molar-refractivity contribution in [2.75, 3.05) is 33.3 Å². The quantitative estimate of drug-likeness (QED) is 0.493. The van der Waals surface area contributed by atoms with E-state index in [-0.39, 0.29) is 18.0 Å². The van der Waals surface area contributed by atoms with Crippen LogP contribution in [0.5, 0.6) is 0 Å². The maximum atomic E-state index is 13.6. The van der Waals surface area contributed by atoms with E-state index in [4.69, 9.17) is 16.3 Å². The number of nitrogens with zero attached hydrogens (tertiary/aromatic N) is 4. The monoisotopic (exact) mass is 569 g/mol. The molecule has 1 N–H and O–H groups in total. The first-order valence-electron chi connectivity index (χ1n) is 11.7. The van der Waals surface area contributed by atoms with Crippen LogP contribution >= 0.6 is 22.9 Å². The zero-order chi connectivity index (χ0) is 26.7. The fourth-order valence-electron chi connectivity index (χ4n) is 4.72. The van der Waals surface area contributed by atoms with Gasteiger partial charge in [-0.2, -0.15) is 9.40 Å². The Labute approximate surface area is 223 Å². The molecule has 1 amide bonds. The number of rotatable bonds is 7. The summed E-state index contributed by atoms with van der Waals surface area (Å²) >= 11 is 7.14. The number of halogens is 1.